The molecular weight excluding hydrogens is 238 g/mol. The van der Waals surface area contributed by atoms with Crippen molar-refractivity contribution in [2.75, 3.05) is 6.54 Å². The zero-order valence-corrected chi connectivity index (χ0v) is 12.2. The second-order valence-electron chi connectivity index (χ2n) is 4.91. The van der Waals surface area contributed by atoms with E-state index in [9.17, 15) is 0 Å². The average molecular weight is 261 g/mol. The van der Waals surface area contributed by atoms with Crippen molar-refractivity contribution in [3.8, 4) is 0 Å². The van der Waals surface area contributed by atoms with Gasteiger partial charge in [0.15, 0.2) is 0 Å². The van der Waals surface area contributed by atoms with Crippen LogP contribution in [-0.4, -0.2) is 6.54 Å². The van der Waals surface area contributed by atoms with Gasteiger partial charge in [0, 0.05) is 17.5 Å². The molecule has 0 aliphatic heterocycles. The van der Waals surface area contributed by atoms with Gasteiger partial charge in [0.1, 0.15) is 17.3 Å². The van der Waals surface area contributed by atoms with Gasteiger partial charge in [-0.05, 0) is 38.9 Å². The van der Waals surface area contributed by atoms with Crippen LogP contribution < -0.4 is 5.32 Å². The van der Waals surface area contributed by atoms with E-state index in [1.165, 1.54) is 11.1 Å². The normalized spacial score (nSPS) is 12.8. The van der Waals surface area contributed by atoms with E-state index in [0.717, 1.165) is 36.7 Å². The molecule has 0 radical (unpaired) electrons. The second kappa shape index (κ2) is 6.11. The largest absolute Gasteiger partial charge is 0.469 e. The average Bonchev–Trinajstić information content (AvgIpc) is 2.97. The van der Waals surface area contributed by atoms with Crippen molar-refractivity contribution in [2.24, 2.45) is 0 Å². The molecular formula is C16H23NO2. The van der Waals surface area contributed by atoms with Crippen LogP contribution in [0.5, 0.6) is 0 Å². The van der Waals surface area contributed by atoms with Crippen LogP contribution in [0.4, 0.5) is 0 Å². The summed E-state index contributed by atoms with van der Waals surface area (Å²) in [5.41, 5.74) is 2.43. The molecule has 0 spiro atoms. The maximum Gasteiger partial charge on any atom is 0.108 e. The minimum atomic E-state index is 0.158. The first kappa shape index (κ1) is 13.9. The SMILES string of the molecule is CCCNC(c1cc(C)oc1C)c1ccoc1CC. The Kier molecular flexibility index (Phi) is 4.48. The predicted molar refractivity (Wildman–Crippen MR) is 76.4 cm³/mol. The molecule has 1 unspecified atom stereocenters. The van der Waals surface area contributed by atoms with Crippen LogP contribution >= 0.6 is 0 Å². The molecule has 2 rings (SSSR count). The van der Waals surface area contributed by atoms with Crippen molar-refractivity contribution in [3.63, 3.8) is 0 Å². The summed E-state index contributed by atoms with van der Waals surface area (Å²) in [7, 11) is 0. The summed E-state index contributed by atoms with van der Waals surface area (Å²) in [4.78, 5) is 0. The fourth-order valence-electron chi connectivity index (χ4n) is 2.51. The van der Waals surface area contributed by atoms with Gasteiger partial charge in [-0.1, -0.05) is 13.8 Å². The summed E-state index contributed by atoms with van der Waals surface area (Å²) in [5, 5.41) is 3.60. The standard InChI is InChI=1S/C16H23NO2/c1-5-8-17-16(13-7-9-18-15(13)6-2)14-10-11(3)19-12(14)4/h7,9-10,16-17H,5-6,8H2,1-4H3. The Morgan fingerprint density at radius 1 is 1.21 bits per heavy atom. The topological polar surface area (TPSA) is 38.3 Å². The van der Waals surface area contributed by atoms with Crippen LogP contribution in [0, 0.1) is 13.8 Å². The van der Waals surface area contributed by atoms with Crippen LogP contribution in [0.15, 0.2) is 27.2 Å². The third kappa shape index (κ3) is 2.92. The van der Waals surface area contributed by atoms with Crippen LogP contribution in [0.25, 0.3) is 0 Å². The molecule has 3 nitrogen and oxygen atoms in total. The fraction of sp³-hybridized carbons (Fsp3) is 0.500. The quantitative estimate of drug-likeness (QED) is 0.849. The highest BCUT2D eigenvalue weighted by Crippen LogP contribution is 2.30. The highest BCUT2D eigenvalue weighted by atomic mass is 16.3. The van der Waals surface area contributed by atoms with E-state index < -0.39 is 0 Å². The van der Waals surface area contributed by atoms with E-state index in [1.54, 1.807) is 6.26 Å². The number of aryl methyl sites for hydroxylation is 3. The van der Waals surface area contributed by atoms with Gasteiger partial charge in [0.25, 0.3) is 0 Å². The summed E-state index contributed by atoms with van der Waals surface area (Å²) in [5.74, 6) is 2.98. The lowest BCUT2D eigenvalue weighted by molar-refractivity contribution is 0.485. The Morgan fingerprint density at radius 2 is 2.00 bits per heavy atom. The van der Waals surface area contributed by atoms with Crippen molar-refractivity contribution < 1.29 is 8.83 Å². The molecule has 1 atom stereocenters. The molecule has 0 aliphatic rings. The number of hydrogen-bond acceptors (Lipinski definition) is 3. The fourth-order valence-corrected chi connectivity index (χ4v) is 2.51. The van der Waals surface area contributed by atoms with E-state index >= 15 is 0 Å². The van der Waals surface area contributed by atoms with E-state index in [2.05, 4.69) is 31.3 Å². The summed E-state index contributed by atoms with van der Waals surface area (Å²) in [6, 6.07) is 4.34. The molecule has 2 heterocycles. The Morgan fingerprint density at radius 3 is 2.58 bits per heavy atom. The predicted octanol–water partition coefficient (Wildman–Crippen LogP) is 4.14. The van der Waals surface area contributed by atoms with Crippen LogP contribution in [0.3, 0.4) is 0 Å². The Labute approximate surface area is 115 Å². The van der Waals surface area contributed by atoms with E-state index in [1.807, 2.05) is 13.8 Å². The summed E-state index contributed by atoms with van der Waals surface area (Å²) in [6.07, 6.45) is 3.78. The number of nitrogens with one attached hydrogen (secondary N) is 1. The van der Waals surface area contributed by atoms with Crippen molar-refractivity contribution in [2.45, 2.75) is 46.6 Å². The lowest BCUT2D eigenvalue weighted by atomic mass is 9.98. The molecule has 0 aromatic carbocycles. The first-order valence-corrected chi connectivity index (χ1v) is 7.03. The lowest BCUT2D eigenvalue weighted by Crippen LogP contribution is -2.23. The Hall–Kier alpha value is -1.48. The molecule has 0 aliphatic carbocycles. The lowest BCUT2D eigenvalue weighted by Gasteiger charge is -2.18. The Balaban J connectivity index is 2.38. The van der Waals surface area contributed by atoms with Gasteiger partial charge in [0.05, 0.1) is 12.3 Å². The smallest absolute Gasteiger partial charge is 0.108 e. The Bertz CT molecular complexity index is 525. The van der Waals surface area contributed by atoms with Gasteiger partial charge in [-0.15, -0.1) is 0 Å². The van der Waals surface area contributed by atoms with E-state index in [4.69, 9.17) is 8.83 Å². The molecule has 0 amide bonds. The van der Waals surface area contributed by atoms with Crippen LogP contribution in [-0.2, 0) is 6.42 Å². The molecule has 0 saturated heterocycles. The van der Waals surface area contributed by atoms with Gasteiger partial charge in [-0.3, -0.25) is 0 Å². The van der Waals surface area contributed by atoms with Crippen molar-refractivity contribution in [3.05, 3.63) is 46.8 Å². The van der Waals surface area contributed by atoms with E-state index in [0.29, 0.717) is 0 Å². The first-order valence-electron chi connectivity index (χ1n) is 7.03. The van der Waals surface area contributed by atoms with Crippen molar-refractivity contribution in [1.29, 1.82) is 0 Å². The van der Waals surface area contributed by atoms with Crippen molar-refractivity contribution in [1.82, 2.24) is 5.32 Å². The molecule has 19 heavy (non-hydrogen) atoms. The van der Waals surface area contributed by atoms with Crippen LogP contribution in [0.1, 0.15) is 54.7 Å². The maximum atomic E-state index is 5.68. The highest BCUT2D eigenvalue weighted by molar-refractivity contribution is 5.35. The minimum Gasteiger partial charge on any atom is -0.469 e. The van der Waals surface area contributed by atoms with Gasteiger partial charge in [-0.25, -0.2) is 0 Å². The summed E-state index contributed by atoms with van der Waals surface area (Å²) < 4.78 is 11.2. The molecule has 104 valence electrons. The van der Waals surface area contributed by atoms with Gasteiger partial charge < -0.3 is 14.2 Å². The van der Waals surface area contributed by atoms with Gasteiger partial charge in [0.2, 0.25) is 0 Å². The first-order chi connectivity index (χ1) is 9.17. The van der Waals surface area contributed by atoms with Crippen LogP contribution in [0.2, 0.25) is 0 Å². The number of hydrogen-bond donors (Lipinski definition) is 1. The van der Waals surface area contributed by atoms with Crippen molar-refractivity contribution >= 4 is 0 Å². The number of rotatable bonds is 6. The molecule has 0 bridgehead atoms. The zero-order chi connectivity index (χ0) is 13.8. The minimum absolute atomic E-state index is 0.158. The molecule has 1 N–H and O–H groups in total. The molecule has 2 aromatic rings. The summed E-state index contributed by atoms with van der Waals surface area (Å²) in [6.45, 7) is 9.28. The highest BCUT2D eigenvalue weighted by Gasteiger charge is 2.22. The second-order valence-corrected chi connectivity index (χ2v) is 4.91. The summed E-state index contributed by atoms with van der Waals surface area (Å²) >= 11 is 0. The molecule has 2 aromatic heterocycles. The van der Waals surface area contributed by atoms with Gasteiger partial charge >= 0.3 is 0 Å². The van der Waals surface area contributed by atoms with E-state index in [-0.39, 0.29) is 6.04 Å². The molecule has 0 fully saturated rings. The third-order valence-electron chi connectivity index (χ3n) is 3.40. The zero-order valence-electron chi connectivity index (χ0n) is 12.2. The van der Waals surface area contributed by atoms with Gasteiger partial charge in [-0.2, -0.15) is 0 Å². The maximum absolute atomic E-state index is 5.68. The third-order valence-corrected chi connectivity index (χ3v) is 3.40. The molecule has 0 saturated carbocycles. The monoisotopic (exact) mass is 261 g/mol. The molecule has 3 heteroatoms. The number of furan rings is 2.